The van der Waals surface area contributed by atoms with Gasteiger partial charge in [0.25, 0.3) is 0 Å². The standard InChI is InChI=1S/C12H13FO2/c1-11(2)7-12(11,10(14)15)8-5-3-4-6-9(8)13/h3-6H,7H2,1-2H3,(H,14,15)/t12-/m0/s1. The summed E-state index contributed by atoms with van der Waals surface area (Å²) in [4.78, 5) is 11.3. The zero-order valence-corrected chi connectivity index (χ0v) is 8.75. The predicted octanol–water partition coefficient (Wildman–Crippen LogP) is 2.58. The maximum atomic E-state index is 13.6. The van der Waals surface area contributed by atoms with Crippen LogP contribution >= 0.6 is 0 Å². The molecular weight excluding hydrogens is 195 g/mol. The molecule has 1 N–H and O–H groups in total. The summed E-state index contributed by atoms with van der Waals surface area (Å²) in [6.07, 6.45) is 0.496. The van der Waals surface area contributed by atoms with Crippen molar-refractivity contribution in [3.8, 4) is 0 Å². The van der Waals surface area contributed by atoms with E-state index in [1.54, 1.807) is 18.2 Å². The molecule has 0 aliphatic heterocycles. The molecule has 3 heteroatoms. The summed E-state index contributed by atoms with van der Waals surface area (Å²) in [5.41, 5.74) is -1.08. The first-order chi connectivity index (χ1) is 6.92. The molecule has 1 aromatic carbocycles. The average Bonchev–Trinajstić information content (AvgIpc) is 2.71. The molecule has 1 fully saturated rings. The number of carbonyl (C=O) groups is 1. The number of rotatable bonds is 2. The van der Waals surface area contributed by atoms with Gasteiger partial charge in [0, 0.05) is 5.56 Å². The third kappa shape index (κ3) is 1.19. The van der Waals surface area contributed by atoms with Crippen molar-refractivity contribution in [1.82, 2.24) is 0 Å². The normalized spacial score (nSPS) is 27.4. The Morgan fingerprint density at radius 1 is 1.40 bits per heavy atom. The van der Waals surface area contributed by atoms with Gasteiger partial charge in [-0.05, 0) is 17.9 Å². The number of benzene rings is 1. The Labute approximate surface area is 87.7 Å². The topological polar surface area (TPSA) is 37.3 Å². The summed E-state index contributed by atoms with van der Waals surface area (Å²) < 4.78 is 13.6. The lowest BCUT2D eigenvalue weighted by atomic mass is 9.87. The molecule has 2 rings (SSSR count). The van der Waals surface area contributed by atoms with Crippen LogP contribution in [0.5, 0.6) is 0 Å². The van der Waals surface area contributed by atoms with Crippen LogP contribution < -0.4 is 0 Å². The minimum absolute atomic E-state index is 0.308. The molecule has 80 valence electrons. The quantitative estimate of drug-likeness (QED) is 0.811. The van der Waals surface area contributed by atoms with E-state index in [-0.39, 0.29) is 5.41 Å². The van der Waals surface area contributed by atoms with E-state index in [9.17, 15) is 14.3 Å². The van der Waals surface area contributed by atoms with Gasteiger partial charge in [0.1, 0.15) is 11.2 Å². The Balaban J connectivity index is 2.55. The zero-order chi connectivity index (χ0) is 11.3. The van der Waals surface area contributed by atoms with Crippen molar-refractivity contribution in [2.24, 2.45) is 5.41 Å². The van der Waals surface area contributed by atoms with Crippen molar-refractivity contribution in [1.29, 1.82) is 0 Å². The van der Waals surface area contributed by atoms with Gasteiger partial charge >= 0.3 is 5.97 Å². The fraction of sp³-hybridized carbons (Fsp3) is 0.417. The van der Waals surface area contributed by atoms with Crippen LogP contribution in [0.25, 0.3) is 0 Å². The first-order valence-corrected chi connectivity index (χ1v) is 4.90. The molecule has 1 atom stereocenters. The molecule has 0 amide bonds. The van der Waals surface area contributed by atoms with Crippen molar-refractivity contribution in [2.75, 3.05) is 0 Å². The number of carboxylic acid groups (broad SMARTS) is 1. The van der Waals surface area contributed by atoms with Gasteiger partial charge in [-0.1, -0.05) is 32.0 Å². The van der Waals surface area contributed by atoms with Gasteiger partial charge in [0.15, 0.2) is 0 Å². The average molecular weight is 208 g/mol. The van der Waals surface area contributed by atoms with E-state index in [2.05, 4.69) is 0 Å². The summed E-state index contributed by atoms with van der Waals surface area (Å²) in [6, 6.07) is 6.13. The smallest absolute Gasteiger partial charge is 0.314 e. The van der Waals surface area contributed by atoms with E-state index in [4.69, 9.17) is 0 Å². The molecular formula is C12H13FO2. The van der Waals surface area contributed by atoms with Crippen LogP contribution in [0.4, 0.5) is 4.39 Å². The second kappa shape index (κ2) is 2.81. The molecule has 2 nitrogen and oxygen atoms in total. The molecule has 15 heavy (non-hydrogen) atoms. The third-order valence-electron chi connectivity index (χ3n) is 3.44. The maximum Gasteiger partial charge on any atom is 0.314 e. The van der Waals surface area contributed by atoms with Crippen molar-refractivity contribution >= 4 is 5.97 Å². The highest BCUT2D eigenvalue weighted by molar-refractivity contribution is 5.87. The van der Waals surface area contributed by atoms with Gasteiger partial charge in [0.2, 0.25) is 0 Å². The van der Waals surface area contributed by atoms with E-state index >= 15 is 0 Å². The van der Waals surface area contributed by atoms with Crippen molar-refractivity contribution in [3.05, 3.63) is 35.6 Å². The SMILES string of the molecule is CC1(C)C[C@@]1(C(=O)O)c1ccccc1F. The molecule has 1 aliphatic rings. The largest absolute Gasteiger partial charge is 0.481 e. The molecule has 0 heterocycles. The molecule has 0 radical (unpaired) electrons. The van der Waals surface area contributed by atoms with E-state index in [0.717, 1.165) is 0 Å². The number of hydrogen-bond donors (Lipinski definition) is 1. The number of halogens is 1. The van der Waals surface area contributed by atoms with Crippen LogP contribution in [-0.2, 0) is 10.2 Å². The highest BCUT2D eigenvalue weighted by Crippen LogP contribution is 2.64. The first kappa shape index (κ1) is 10.1. The second-order valence-corrected chi connectivity index (χ2v) is 4.75. The van der Waals surface area contributed by atoms with Crippen LogP contribution in [0.2, 0.25) is 0 Å². The minimum Gasteiger partial charge on any atom is -0.481 e. The fourth-order valence-electron chi connectivity index (χ4n) is 2.37. The first-order valence-electron chi connectivity index (χ1n) is 4.90. The summed E-state index contributed by atoms with van der Waals surface area (Å²) in [5, 5.41) is 9.25. The Kier molecular flexibility index (Phi) is 1.90. The third-order valence-corrected chi connectivity index (χ3v) is 3.44. The minimum atomic E-state index is -1.03. The van der Waals surface area contributed by atoms with Crippen molar-refractivity contribution < 1.29 is 14.3 Å². The van der Waals surface area contributed by atoms with Crippen LogP contribution in [0.15, 0.2) is 24.3 Å². The molecule has 1 aromatic rings. The highest BCUT2D eigenvalue weighted by atomic mass is 19.1. The van der Waals surface area contributed by atoms with E-state index < -0.39 is 17.2 Å². The monoisotopic (exact) mass is 208 g/mol. The lowest BCUT2D eigenvalue weighted by Crippen LogP contribution is -2.26. The van der Waals surface area contributed by atoms with Gasteiger partial charge in [-0.25, -0.2) is 4.39 Å². The highest BCUT2D eigenvalue weighted by Gasteiger charge is 2.68. The van der Waals surface area contributed by atoms with Crippen LogP contribution in [0.1, 0.15) is 25.8 Å². The number of hydrogen-bond acceptors (Lipinski definition) is 1. The van der Waals surface area contributed by atoms with E-state index in [1.807, 2.05) is 13.8 Å². The summed E-state index contributed by atoms with van der Waals surface area (Å²) in [5.74, 6) is -1.36. The Hall–Kier alpha value is -1.38. The predicted molar refractivity (Wildman–Crippen MR) is 54.1 cm³/mol. The molecule has 0 unspecified atom stereocenters. The van der Waals surface area contributed by atoms with Crippen molar-refractivity contribution in [2.45, 2.75) is 25.7 Å². The molecule has 1 saturated carbocycles. The van der Waals surface area contributed by atoms with Crippen LogP contribution in [0.3, 0.4) is 0 Å². The van der Waals surface area contributed by atoms with Gasteiger partial charge in [0.05, 0.1) is 0 Å². The van der Waals surface area contributed by atoms with Crippen molar-refractivity contribution in [3.63, 3.8) is 0 Å². The zero-order valence-electron chi connectivity index (χ0n) is 8.75. The van der Waals surface area contributed by atoms with Gasteiger partial charge in [-0.15, -0.1) is 0 Å². The summed E-state index contributed by atoms with van der Waals surface area (Å²) in [6.45, 7) is 3.71. The molecule has 1 aliphatic carbocycles. The fourth-order valence-corrected chi connectivity index (χ4v) is 2.37. The molecule has 0 spiro atoms. The summed E-state index contributed by atoms with van der Waals surface area (Å²) >= 11 is 0. The Morgan fingerprint density at radius 2 is 1.93 bits per heavy atom. The Morgan fingerprint density at radius 3 is 2.33 bits per heavy atom. The van der Waals surface area contributed by atoms with Crippen LogP contribution in [0, 0.1) is 11.2 Å². The molecule has 0 aromatic heterocycles. The van der Waals surface area contributed by atoms with Gasteiger partial charge in [-0.3, -0.25) is 4.79 Å². The van der Waals surface area contributed by atoms with Gasteiger partial charge < -0.3 is 5.11 Å². The molecule has 0 saturated heterocycles. The number of carboxylic acids is 1. The Bertz CT molecular complexity index is 425. The van der Waals surface area contributed by atoms with Gasteiger partial charge in [-0.2, -0.15) is 0 Å². The van der Waals surface area contributed by atoms with E-state index in [1.165, 1.54) is 6.07 Å². The summed E-state index contributed by atoms with van der Waals surface area (Å²) in [7, 11) is 0. The number of aliphatic carboxylic acids is 1. The lowest BCUT2D eigenvalue weighted by Gasteiger charge is -2.16. The van der Waals surface area contributed by atoms with E-state index in [0.29, 0.717) is 12.0 Å². The molecule has 0 bridgehead atoms. The maximum absolute atomic E-state index is 13.6. The van der Waals surface area contributed by atoms with Crippen LogP contribution in [-0.4, -0.2) is 11.1 Å². The lowest BCUT2D eigenvalue weighted by molar-refractivity contribution is -0.141. The second-order valence-electron chi connectivity index (χ2n) is 4.75.